The van der Waals surface area contributed by atoms with Gasteiger partial charge in [-0.15, -0.1) is 0 Å². The number of sulfonamides is 1. The van der Waals surface area contributed by atoms with Crippen molar-refractivity contribution in [2.24, 2.45) is 0 Å². The van der Waals surface area contributed by atoms with Gasteiger partial charge in [0.05, 0.1) is 4.92 Å². The maximum absolute atomic E-state index is 12.2. The van der Waals surface area contributed by atoms with Crippen LogP contribution in [-0.4, -0.2) is 19.4 Å². The Morgan fingerprint density at radius 3 is 2.62 bits per heavy atom. The van der Waals surface area contributed by atoms with Crippen molar-refractivity contribution in [3.8, 4) is 0 Å². The highest BCUT2D eigenvalue weighted by Gasteiger charge is 2.25. The van der Waals surface area contributed by atoms with Crippen LogP contribution in [0.15, 0.2) is 41.3 Å². The SMILES string of the molecule is CCC/C=C/CC(C)NS(=O)(=O)c1ccccc1[N+](=O)[O-]. The monoisotopic (exact) mass is 312 g/mol. The molecule has 0 aliphatic rings. The summed E-state index contributed by atoms with van der Waals surface area (Å²) in [7, 11) is -3.90. The summed E-state index contributed by atoms with van der Waals surface area (Å²) < 4.78 is 26.9. The summed E-state index contributed by atoms with van der Waals surface area (Å²) in [6.45, 7) is 3.79. The van der Waals surface area contributed by atoms with Crippen molar-refractivity contribution in [1.29, 1.82) is 0 Å². The third-order valence-corrected chi connectivity index (χ3v) is 4.46. The Bertz CT molecular complexity index is 611. The van der Waals surface area contributed by atoms with E-state index in [2.05, 4.69) is 11.6 Å². The van der Waals surface area contributed by atoms with Crippen molar-refractivity contribution in [3.05, 3.63) is 46.5 Å². The van der Waals surface area contributed by atoms with Gasteiger partial charge in [-0.3, -0.25) is 10.1 Å². The molecule has 0 aromatic heterocycles. The second kappa shape index (κ2) is 7.90. The summed E-state index contributed by atoms with van der Waals surface area (Å²) in [5.74, 6) is 0. The molecule has 0 heterocycles. The first-order valence-electron chi connectivity index (χ1n) is 6.79. The molecule has 6 nitrogen and oxygen atoms in total. The second-order valence-electron chi connectivity index (χ2n) is 4.74. The maximum Gasteiger partial charge on any atom is 0.289 e. The van der Waals surface area contributed by atoms with Crippen LogP contribution < -0.4 is 4.72 Å². The Morgan fingerprint density at radius 1 is 1.33 bits per heavy atom. The number of hydrogen-bond acceptors (Lipinski definition) is 4. The average molecular weight is 312 g/mol. The van der Waals surface area contributed by atoms with Crippen LogP contribution >= 0.6 is 0 Å². The van der Waals surface area contributed by atoms with E-state index < -0.39 is 20.6 Å². The van der Waals surface area contributed by atoms with Gasteiger partial charge in [0, 0.05) is 12.1 Å². The quantitative estimate of drug-likeness (QED) is 0.454. The lowest BCUT2D eigenvalue weighted by atomic mass is 10.2. The average Bonchev–Trinajstić information content (AvgIpc) is 2.43. The van der Waals surface area contributed by atoms with Gasteiger partial charge in [0.15, 0.2) is 4.90 Å². The van der Waals surface area contributed by atoms with Gasteiger partial charge in [-0.25, -0.2) is 13.1 Å². The molecule has 0 aliphatic heterocycles. The minimum Gasteiger partial charge on any atom is -0.258 e. The molecule has 1 N–H and O–H groups in total. The molecule has 1 atom stereocenters. The number of nitrogens with one attached hydrogen (secondary N) is 1. The van der Waals surface area contributed by atoms with Crippen molar-refractivity contribution in [1.82, 2.24) is 4.72 Å². The van der Waals surface area contributed by atoms with Crippen molar-refractivity contribution in [2.45, 2.75) is 44.0 Å². The lowest BCUT2D eigenvalue weighted by Crippen LogP contribution is -2.32. The van der Waals surface area contributed by atoms with Gasteiger partial charge in [-0.1, -0.05) is 37.6 Å². The molecular weight excluding hydrogens is 292 g/mol. The third kappa shape index (κ3) is 5.28. The van der Waals surface area contributed by atoms with Crippen LogP contribution in [0.4, 0.5) is 5.69 Å². The fourth-order valence-electron chi connectivity index (χ4n) is 1.80. The van der Waals surface area contributed by atoms with Crippen LogP contribution in [0.3, 0.4) is 0 Å². The van der Waals surface area contributed by atoms with Crippen LogP contribution in [-0.2, 0) is 10.0 Å². The molecule has 0 fully saturated rings. The molecular formula is C14H20N2O4S. The Morgan fingerprint density at radius 2 is 2.00 bits per heavy atom. The van der Waals surface area contributed by atoms with Crippen LogP contribution in [0, 0.1) is 10.1 Å². The molecule has 0 amide bonds. The summed E-state index contributed by atoms with van der Waals surface area (Å²) in [6.07, 6.45) is 6.43. The van der Waals surface area contributed by atoms with Crippen molar-refractivity contribution >= 4 is 15.7 Å². The van der Waals surface area contributed by atoms with Crippen LogP contribution in [0.2, 0.25) is 0 Å². The second-order valence-corrected chi connectivity index (χ2v) is 6.43. The molecule has 116 valence electrons. The Labute approximate surface area is 125 Å². The van der Waals surface area contributed by atoms with Crippen LogP contribution in [0.1, 0.15) is 33.1 Å². The number of nitrogens with zero attached hydrogens (tertiary/aromatic N) is 1. The van der Waals surface area contributed by atoms with Gasteiger partial charge in [-0.2, -0.15) is 0 Å². The van der Waals surface area contributed by atoms with E-state index in [9.17, 15) is 18.5 Å². The first-order valence-corrected chi connectivity index (χ1v) is 8.27. The lowest BCUT2D eigenvalue weighted by molar-refractivity contribution is -0.387. The number of rotatable bonds is 8. The summed E-state index contributed by atoms with van der Waals surface area (Å²) in [5.41, 5.74) is -0.418. The number of unbranched alkanes of at least 4 members (excludes halogenated alkanes) is 1. The molecule has 0 radical (unpaired) electrons. The van der Waals surface area contributed by atoms with E-state index in [1.54, 1.807) is 6.92 Å². The van der Waals surface area contributed by atoms with Crippen molar-refractivity contribution < 1.29 is 13.3 Å². The smallest absolute Gasteiger partial charge is 0.258 e. The molecule has 0 spiro atoms. The summed E-state index contributed by atoms with van der Waals surface area (Å²) >= 11 is 0. The zero-order chi connectivity index (χ0) is 15.9. The summed E-state index contributed by atoms with van der Waals surface area (Å²) in [6, 6.07) is 4.99. The molecule has 0 bridgehead atoms. The first kappa shape index (κ1) is 17.3. The molecule has 0 saturated carbocycles. The van der Waals surface area contributed by atoms with E-state index in [1.807, 2.05) is 12.2 Å². The minimum atomic E-state index is -3.90. The van der Waals surface area contributed by atoms with Gasteiger partial charge < -0.3 is 0 Å². The van der Waals surface area contributed by atoms with Gasteiger partial charge >= 0.3 is 0 Å². The summed E-state index contributed by atoms with van der Waals surface area (Å²) in [5, 5.41) is 10.9. The van der Waals surface area contributed by atoms with E-state index in [1.165, 1.54) is 24.3 Å². The fourth-order valence-corrected chi connectivity index (χ4v) is 3.23. The molecule has 0 aliphatic carbocycles. The normalized spacial score (nSPS) is 13.4. The number of allylic oxidation sites excluding steroid dienone is 1. The minimum absolute atomic E-state index is 0.306. The van der Waals surface area contributed by atoms with Gasteiger partial charge in [0.1, 0.15) is 0 Å². The van der Waals surface area contributed by atoms with E-state index in [-0.39, 0.29) is 10.9 Å². The number of hydrogen-bond donors (Lipinski definition) is 1. The topological polar surface area (TPSA) is 89.3 Å². The predicted molar refractivity (Wildman–Crippen MR) is 81.5 cm³/mol. The summed E-state index contributed by atoms with van der Waals surface area (Å²) in [4.78, 5) is 9.90. The molecule has 0 saturated heterocycles. The Hall–Kier alpha value is -1.73. The molecule has 1 rings (SSSR count). The number of benzene rings is 1. The maximum atomic E-state index is 12.2. The van der Waals surface area contributed by atoms with E-state index in [4.69, 9.17) is 0 Å². The number of nitro groups is 1. The predicted octanol–water partition coefficient (Wildman–Crippen LogP) is 3.01. The van der Waals surface area contributed by atoms with Crippen molar-refractivity contribution in [3.63, 3.8) is 0 Å². The van der Waals surface area contributed by atoms with Gasteiger partial charge in [0.2, 0.25) is 10.0 Å². The highest BCUT2D eigenvalue weighted by atomic mass is 32.2. The standard InChI is InChI=1S/C14H20N2O4S/c1-3-4-5-6-9-12(2)15-21(19,20)14-11-8-7-10-13(14)16(17)18/h5-8,10-12,15H,3-4,9H2,1-2H3/b6-5+. The number of nitro benzene ring substituents is 1. The molecule has 1 unspecified atom stereocenters. The zero-order valence-corrected chi connectivity index (χ0v) is 13.0. The van der Waals surface area contributed by atoms with Gasteiger partial charge in [-0.05, 0) is 25.8 Å². The van der Waals surface area contributed by atoms with E-state index in [0.29, 0.717) is 6.42 Å². The highest BCUT2D eigenvalue weighted by molar-refractivity contribution is 7.89. The third-order valence-electron chi connectivity index (χ3n) is 2.82. The molecule has 21 heavy (non-hydrogen) atoms. The van der Waals surface area contributed by atoms with Crippen LogP contribution in [0.5, 0.6) is 0 Å². The Kier molecular flexibility index (Phi) is 6.51. The molecule has 1 aromatic carbocycles. The van der Waals surface area contributed by atoms with Crippen molar-refractivity contribution in [2.75, 3.05) is 0 Å². The number of para-hydroxylation sites is 1. The Balaban J connectivity index is 2.85. The molecule has 1 aromatic rings. The van der Waals surface area contributed by atoms with E-state index >= 15 is 0 Å². The fraction of sp³-hybridized carbons (Fsp3) is 0.429. The van der Waals surface area contributed by atoms with E-state index in [0.717, 1.165) is 12.8 Å². The molecule has 7 heteroatoms. The highest BCUT2D eigenvalue weighted by Crippen LogP contribution is 2.23. The van der Waals surface area contributed by atoms with Crippen LogP contribution in [0.25, 0.3) is 0 Å². The van der Waals surface area contributed by atoms with Gasteiger partial charge in [0.25, 0.3) is 5.69 Å². The zero-order valence-electron chi connectivity index (χ0n) is 12.2. The lowest BCUT2D eigenvalue weighted by Gasteiger charge is -2.12. The first-order chi connectivity index (χ1) is 9.88. The largest absolute Gasteiger partial charge is 0.289 e.